The van der Waals surface area contributed by atoms with Crippen molar-refractivity contribution in [1.82, 2.24) is 9.80 Å². The lowest BCUT2D eigenvalue weighted by Gasteiger charge is -2.40. The van der Waals surface area contributed by atoms with Crippen molar-refractivity contribution in [3.63, 3.8) is 0 Å². The fourth-order valence-corrected chi connectivity index (χ4v) is 2.84. The minimum atomic E-state index is -0.919. The maximum Gasteiger partial charge on any atom is 0.326 e. The van der Waals surface area contributed by atoms with Gasteiger partial charge < -0.3 is 20.0 Å². The van der Waals surface area contributed by atoms with Crippen LogP contribution in [-0.4, -0.2) is 63.8 Å². The highest BCUT2D eigenvalue weighted by Gasteiger charge is 2.37. The Balaban J connectivity index is 2.02. The lowest BCUT2D eigenvalue weighted by atomic mass is 9.92. The third-order valence-corrected chi connectivity index (χ3v) is 4.13. The number of amides is 2. The van der Waals surface area contributed by atoms with E-state index in [0.717, 1.165) is 6.42 Å². The summed E-state index contributed by atoms with van der Waals surface area (Å²) in [5.74, 6) is -0.578. The number of carbonyl (C=O) groups is 2. The Morgan fingerprint density at radius 3 is 2.32 bits per heavy atom. The van der Waals surface area contributed by atoms with E-state index in [4.69, 9.17) is 0 Å². The Hall–Kier alpha value is -1.30. The number of nitrogens with zero attached hydrogens (tertiary/aromatic N) is 2. The van der Waals surface area contributed by atoms with Gasteiger partial charge in [-0.15, -0.1) is 0 Å². The van der Waals surface area contributed by atoms with E-state index in [-0.39, 0.29) is 12.1 Å². The molecule has 2 saturated heterocycles. The van der Waals surface area contributed by atoms with Gasteiger partial charge in [0.25, 0.3) is 0 Å². The standard InChI is InChI=1S/C13H22N2O4/c1-9-2-7-15(11(8-9)12(17)18)13(19)14-5-3-10(16)4-6-14/h9-11,16H,2-8H2,1H3,(H,17,18). The van der Waals surface area contributed by atoms with Gasteiger partial charge in [0, 0.05) is 19.6 Å². The van der Waals surface area contributed by atoms with E-state index in [1.807, 2.05) is 6.92 Å². The van der Waals surface area contributed by atoms with Crippen LogP contribution in [0.25, 0.3) is 0 Å². The molecule has 2 rings (SSSR count). The first-order valence-corrected chi connectivity index (χ1v) is 6.95. The summed E-state index contributed by atoms with van der Waals surface area (Å²) < 4.78 is 0. The summed E-state index contributed by atoms with van der Waals surface area (Å²) in [6.07, 6.45) is 2.20. The molecule has 6 nitrogen and oxygen atoms in total. The maximum absolute atomic E-state index is 12.4. The number of piperidine rings is 2. The first-order valence-electron chi connectivity index (χ1n) is 6.95. The SMILES string of the molecule is CC1CCN(C(=O)N2CCC(O)CC2)C(C(=O)O)C1. The molecular weight excluding hydrogens is 248 g/mol. The van der Waals surface area contributed by atoms with Gasteiger partial charge in [-0.1, -0.05) is 6.92 Å². The molecule has 2 atom stereocenters. The monoisotopic (exact) mass is 270 g/mol. The van der Waals surface area contributed by atoms with E-state index in [0.29, 0.717) is 44.8 Å². The number of aliphatic hydroxyl groups is 1. The van der Waals surface area contributed by atoms with Crippen molar-refractivity contribution in [2.24, 2.45) is 5.92 Å². The summed E-state index contributed by atoms with van der Waals surface area (Å²) in [6, 6.07) is -0.894. The summed E-state index contributed by atoms with van der Waals surface area (Å²) >= 11 is 0. The highest BCUT2D eigenvalue weighted by molar-refractivity contribution is 5.83. The van der Waals surface area contributed by atoms with Crippen LogP contribution < -0.4 is 0 Å². The smallest absolute Gasteiger partial charge is 0.326 e. The predicted octanol–water partition coefficient (Wildman–Crippen LogP) is 0.748. The molecule has 0 radical (unpaired) electrons. The van der Waals surface area contributed by atoms with Gasteiger partial charge in [-0.25, -0.2) is 9.59 Å². The summed E-state index contributed by atoms with van der Waals surface area (Å²) in [7, 11) is 0. The molecule has 0 spiro atoms. The van der Waals surface area contributed by atoms with Crippen LogP contribution in [0.4, 0.5) is 4.79 Å². The topological polar surface area (TPSA) is 81.1 Å². The highest BCUT2D eigenvalue weighted by atomic mass is 16.4. The van der Waals surface area contributed by atoms with Gasteiger partial charge in [0.1, 0.15) is 6.04 Å². The van der Waals surface area contributed by atoms with E-state index in [2.05, 4.69) is 0 Å². The van der Waals surface area contributed by atoms with Crippen LogP contribution in [0, 0.1) is 5.92 Å². The van der Waals surface area contributed by atoms with Crippen LogP contribution in [0.1, 0.15) is 32.6 Å². The Labute approximate surface area is 113 Å². The van der Waals surface area contributed by atoms with Crippen molar-refractivity contribution >= 4 is 12.0 Å². The second-order valence-corrected chi connectivity index (χ2v) is 5.68. The molecule has 2 amide bonds. The third kappa shape index (κ3) is 3.18. The molecule has 2 unspecified atom stereocenters. The molecular formula is C13H22N2O4. The van der Waals surface area contributed by atoms with Crippen LogP contribution in [0.2, 0.25) is 0 Å². The van der Waals surface area contributed by atoms with Crippen molar-refractivity contribution < 1.29 is 19.8 Å². The molecule has 0 bridgehead atoms. The van der Waals surface area contributed by atoms with Gasteiger partial charge in [-0.05, 0) is 31.6 Å². The predicted molar refractivity (Wildman–Crippen MR) is 68.7 cm³/mol. The van der Waals surface area contributed by atoms with E-state index in [1.165, 1.54) is 4.90 Å². The van der Waals surface area contributed by atoms with E-state index in [9.17, 15) is 19.8 Å². The van der Waals surface area contributed by atoms with Gasteiger partial charge in [-0.3, -0.25) is 0 Å². The molecule has 0 aliphatic carbocycles. The number of hydrogen-bond donors (Lipinski definition) is 2. The molecule has 2 heterocycles. The van der Waals surface area contributed by atoms with Gasteiger partial charge in [-0.2, -0.15) is 0 Å². The van der Waals surface area contributed by atoms with Crippen molar-refractivity contribution in [1.29, 1.82) is 0 Å². The van der Waals surface area contributed by atoms with Crippen LogP contribution in [0.3, 0.4) is 0 Å². The molecule has 0 saturated carbocycles. The maximum atomic E-state index is 12.4. The van der Waals surface area contributed by atoms with Gasteiger partial charge in [0.05, 0.1) is 6.10 Å². The van der Waals surface area contributed by atoms with Gasteiger partial charge in [0.15, 0.2) is 0 Å². The van der Waals surface area contributed by atoms with Crippen molar-refractivity contribution in [3.05, 3.63) is 0 Å². The zero-order valence-corrected chi connectivity index (χ0v) is 11.3. The zero-order chi connectivity index (χ0) is 14.0. The molecule has 2 aliphatic heterocycles. The number of rotatable bonds is 1. The Morgan fingerprint density at radius 1 is 1.11 bits per heavy atom. The second kappa shape index (κ2) is 5.77. The molecule has 2 N–H and O–H groups in total. The fraction of sp³-hybridized carbons (Fsp3) is 0.846. The summed E-state index contributed by atoms with van der Waals surface area (Å²) in [5.41, 5.74) is 0. The molecule has 2 aliphatic rings. The van der Waals surface area contributed by atoms with E-state index >= 15 is 0 Å². The second-order valence-electron chi connectivity index (χ2n) is 5.68. The van der Waals surface area contributed by atoms with Crippen molar-refractivity contribution in [3.8, 4) is 0 Å². The summed E-state index contributed by atoms with van der Waals surface area (Å²) in [4.78, 5) is 26.8. The number of carboxylic acid groups (broad SMARTS) is 1. The number of aliphatic hydroxyl groups excluding tert-OH is 1. The van der Waals surface area contributed by atoms with Crippen LogP contribution >= 0.6 is 0 Å². The molecule has 19 heavy (non-hydrogen) atoms. The normalized spacial score (nSPS) is 29.4. The van der Waals surface area contributed by atoms with E-state index < -0.39 is 12.0 Å². The summed E-state index contributed by atoms with van der Waals surface area (Å²) in [6.45, 7) is 3.56. The zero-order valence-electron chi connectivity index (χ0n) is 11.3. The van der Waals surface area contributed by atoms with Crippen LogP contribution in [0.5, 0.6) is 0 Å². The highest BCUT2D eigenvalue weighted by Crippen LogP contribution is 2.24. The van der Waals surface area contributed by atoms with Crippen LogP contribution in [0.15, 0.2) is 0 Å². The first kappa shape index (κ1) is 14.1. The number of carboxylic acids is 1. The Bertz CT molecular complexity index is 353. The number of hydrogen-bond acceptors (Lipinski definition) is 3. The van der Waals surface area contributed by atoms with Gasteiger partial charge in [0.2, 0.25) is 0 Å². The average molecular weight is 270 g/mol. The molecule has 108 valence electrons. The largest absolute Gasteiger partial charge is 0.480 e. The van der Waals surface area contributed by atoms with Crippen molar-refractivity contribution in [2.75, 3.05) is 19.6 Å². The van der Waals surface area contributed by atoms with Gasteiger partial charge >= 0.3 is 12.0 Å². The lowest BCUT2D eigenvalue weighted by molar-refractivity contribution is -0.144. The number of aliphatic carboxylic acids is 1. The molecule has 6 heteroatoms. The number of likely N-dealkylation sites (tertiary alicyclic amines) is 2. The molecule has 2 fully saturated rings. The summed E-state index contributed by atoms with van der Waals surface area (Å²) in [5, 5.41) is 18.7. The Kier molecular flexibility index (Phi) is 4.29. The first-order chi connectivity index (χ1) is 8.99. The fourth-order valence-electron chi connectivity index (χ4n) is 2.84. The number of urea groups is 1. The number of carbonyl (C=O) groups excluding carboxylic acids is 1. The Morgan fingerprint density at radius 2 is 1.74 bits per heavy atom. The molecule has 0 aromatic heterocycles. The minimum absolute atomic E-state index is 0.189. The van der Waals surface area contributed by atoms with Crippen LogP contribution in [-0.2, 0) is 4.79 Å². The third-order valence-electron chi connectivity index (χ3n) is 4.13. The lowest BCUT2D eigenvalue weighted by Crippen LogP contribution is -2.55. The van der Waals surface area contributed by atoms with E-state index in [1.54, 1.807) is 4.90 Å². The van der Waals surface area contributed by atoms with Crippen molar-refractivity contribution in [2.45, 2.75) is 44.8 Å². The molecule has 0 aromatic carbocycles. The quantitative estimate of drug-likeness (QED) is 0.736. The average Bonchev–Trinajstić information content (AvgIpc) is 2.38. The minimum Gasteiger partial charge on any atom is -0.480 e. The molecule has 0 aromatic rings.